The van der Waals surface area contributed by atoms with Gasteiger partial charge in [0, 0.05) is 6.42 Å². The van der Waals surface area contributed by atoms with Crippen molar-refractivity contribution in [2.24, 2.45) is 0 Å². The highest BCUT2D eigenvalue weighted by Gasteiger charge is 2.18. The molecule has 0 spiro atoms. The van der Waals surface area contributed by atoms with Gasteiger partial charge in [0.05, 0.1) is 11.7 Å². The Morgan fingerprint density at radius 1 is 1.00 bits per heavy atom. The van der Waals surface area contributed by atoms with E-state index in [0.717, 1.165) is 28.8 Å². The van der Waals surface area contributed by atoms with Gasteiger partial charge in [0.25, 0.3) is 0 Å². The van der Waals surface area contributed by atoms with E-state index >= 15 is 0 Å². The van der Waals surface area contributed by atoms with Crippen LogP contribution in [0.3, 0.4) is 0 Å². The maximum Gasteiger partial charge on any atom is 0.131 e. The highest BCUT2D eigenvalue weighted by molar-refractivity contribution is 5.31. The van der Waals surface area contributed by atoms with Gasteiger partial charge in [-0.1, -0.05) is 35.4 Å². The summed E-state index contributed by atoms with van der Waals surface area (Å²) < 4.78 is 27.1. The van der Waals surface area contributed by atoms with Crippen LogP contribution in [0.2, 0.25) is 0 Å². The molecule has 1 N–H and O–H groups in total. The first-order valence-electron chi connectivity index (χ1n) is 6.16. The Balaban J connectivity index is 2.28. The minimum Gasteiger partial charge on any atom is -0.388 e. The molecule has 1 nitrogen and oxygen atoms in total. The van der Waals surface area contributed by atoms with Crippen LogP contribution in [-0.4, -0.2) is 5.11 Å². The van der Waals surface area contributed by atoms with Crippen molar-refractivity contribution < 1.29 is 13.9 Å². The van der Waals surface area contributed by atoms with Gasteiger partial charge < -0.3 is 5.11 Å². The Kier molecular flexibility index (Phi) is 3.96. The summed E-state index contributed by atoms with van der Waals surface area (Å²) in [5.74, 6) is -1.42. The van der Waals surface area contributed by atoms with Gasteiger partial charge in [-0.05, 0) is 31.5 Å². The molecule has 0 aliphatic carbocycles. The number of aliphatic hydroxyl groups is 1. The minimum atomic E-state index is -1.18. The second-order valence-corrected chi connectivity index (χ2v) is 4.85. The van der Waals surface area contributed by atoms with Crippen molar-refractivity contribution in [3.63, 3.8) is 0 Å². The molecule has 0 heterocycles. The summed E-state index contributed by atoms with van der Waals surface area (Å²) in [7, 11) is 0. The van der Waals surface area contributed by atoms with Crippen molar-refractivity contribution in [2.75, 3.05) is 0 Å². The normalized spacial score (nSPS) is 12.5. The molecule has 19 heavy (non-hydrogen) atoms. The van der Waals surface area contributed by atoms with E-state index in [9.17, 15) is 13.9 Å². The molecule has 0 fully saturated rings. The van der Waals surface area contributed by atoms with E-state index in [2.05, 4.69) is 0 Å². The largest absolute Gasteiger partial charge is 0.388 e. The van der Waals surface area contributed by atoms with Crippen LogP contribution in [0.5, 0.6) is 0 Å². The molecular weight excluding hydrogens is 246 g/mol. The third kappa shape index (κ3) is 3.18. The predicted octanol–water partition coefficient (Wildman–Crippen LogP) is 3.86. The second kappa shape index (κ2) is 5.49. The fourth-order valence-corrected chi connectivity index (χ4v) is 2.34. The average Bonchev–Trinajstić information content (AvgIpc) is 2.26. The SMILES string of the molecule is Cc1cc(C)cc(CC(O)c2c(F)cccc2F)c1. The molecule has 1 atom stereocenters. The fraction of sp³-hybridized carbons (Fsp3) is 0.250. The molecule has 0 aliphatic rings. The number of benzene rings is 2. The van der Waals surface area contributed by atoms with Gasteiger partial charge in [0.1, 0.15) is 11.6 Å². The zero-order chi connectivity index (χ0) is 14.0. The fourth-order valence-electron chi connectivity index (χ4n) is 2.34. The highest BCUT2D eigenvalue weighted by Crippen LogP contribution is 2.24. The van der Waals surface area contributed by atoms with Gasteiger partial charge in [-0.15, -0.1) is 0 Å². The average molecular weight is 262 g/mol. The lowest BCUT2D eigenvalue weighted by Crippen LogP contribution is -2.07. The molecular formula is C16H16F2O. The Morgan fingerprint density at radius 3 is 2.05 bits per heavy atom. The summed E-state index contributed by atoms with van der Waals surface area (Å²) in [4.78, 5) is 0. The Labute approximate surface area is 111 Å². The molecule has 0 bridgehead atoms. The molecule has 2 aromatic rings. The van der Waals surface area contributed by atoms with Gasteiger partial charge >= 0.3 is 0 Å². The molecule has 0 amide bonds. The molecule has 0 radical (unpaired) electrons. The first kappa shape index (κ1) is 13.7. The van der Waals surface area contributed by atoms with Gasteiger partial charge in [0.2, 0.25) is 0 Å². The van der Waals surface area contributed by atoms with Crippen LogP contribution in [0, 0.1) is 25.5 Å². The van der Waals surface area contributed by atoms with Crippen LogP contribution in [-0.2, 0) is 6.42 Å². The van der Waals surface area contributed by atoms with Crippen molar-refractivity contribution in [2.45, 2.75) is 26.4 Å². The lowest BCUT2D eigenvalue weighted by Gasteiger charge is -2.14. The molecule has 0 aromatic heterocycles. The lowest BCUT2D eigenvalue weighted by atomic mass is 9.98. The summed E-state index contributed by atoms with van der Waals surface area (Å²) in [6.07, 6.45) is -0.984. The van der Waals surface area contributed by atoms with Gasteiger partial charge in [-0.3, -0.25) is 0 Å². The summed E-state index contributed by atoms with van der Waals surface area (Å²) in [5.41, 5.74) is 2.74. The van der Waals surface area contributed by atoms with Crippen LogP contribution in [0.1, 0.15) is 28.4 Å². The zero-order valence-electron chi connectivity index (χ0n) is 11.0. The van der Waals surface area contributed by atoms with Crippen LogP contribution in [0.4, 0.5) is 8.78 Å². The first-order chi connectivity index (χ1) is 8.97. The zero-order valence-corrected chi connectivity index (χ0v) is 11.0. The van der Waals surface area contributed by atoms with Gasteiger partial charge in [-0.25, -0.2) is 8.78 Å². The maximum absolute atomic E-state index is 13.6. The summed E-state index contributed by atoms with van der Waals surface area (Å²) in [6.45, 7) is 3.90. The molecule has 1 unspecified atom stereocenters. The van der Waals surface area contributed by atoms with Gasteiger partial charge in [0.15, 0.2) is 0 Å². The van der Waals surface area contributed by atoms with Crippen molar-refractivity contribution in [1.82, 2.24) is 0 Å². The quantitative estimate of drug-likeness (QED) is 0.890. The van der Waals surface area contributed by atoms with E-state index in [1.807, 2.05) is 32.0 Å². The number of aryl methyl sites for hydroxylation is 2. The molecule has 0 saturated carbocycles. The van der Waals surface area contributed by atoms with Crippen molar-refractivity contribution >= 4 is 0 Å². The van der Waals surface area contributed by atoms with E-state index < -0.39 is 17.7 Å². The topological polar surface area (TPSA) is 20.2 Å². The number of aliphatic hydroxyl groups excluding tert-OH is 1. The summed E-state index contributed by atoms with van der Waals surface area (Å²) in [6, 6.07) is 9.44. The third-order valence-electron chi connectivity index (χ3n) is 3.04. The highest BCUT2D eigenvalue weighted by atomic mass is 19.1. The Morgan fingerprint density at radius 2 is 1.53 bits per heavy atom. The molecule has 2 rings (SSSR count). The smallest absolute Gasteiger partial charge is 0.131 e. The molecule has 2 aromatic carbocycles. The number of halogens is 2. The van der Waals surface area contributed by atoms with E-state index in [1.54, 1.807) is 0 Å². The van der Waals surface area contributed by atoms with E-state index in [4.69, 9.17) is 0 Å². The summed E-state index contributed by atoms with van der Waals surface area (Å²) >= 11 is 0. The standard InChI is InChI=1S/C16H16F2O/c1-10-6-11(2)8-12(7-10)9-15(19)16-13(17)4-3-5-14(16)18/h3-8,15,19H,9H2,1-2H3. The van der Waals surface area contributed by atoms with Crippen LogP contribution in [0.25, 0.3) is 0 Å². The number of hydrogen-bond donors (Lipinski definition) is 1. The third-order valence-corrected chi connectivity index (χ3v) is 3.04. The number of hydrogen-bond acceptors (Lipinski definition) is 1. The monoisotopic (exact) mass is 262 g/mol. The maximum atomic E-state index is 13.6. The van der Waals surface area contributed by atoms with Crippen molar-refractivity contribution in [1.29, 1.82) is 0 Å². The van der Waals surface area contributed by atoms with Crippen molar-refractivity contribution in [3.8, 4) is 0 Å². The van der Waals surface area contributed by atoms with Gasteiger partial charge in [-0.2, -0.15) is 0 Å². The minimum absolute atomic E-state index is 0.195. The molecule has 0 aliphatic heterocycles. The summed E-state index contributed by atoms with van der Waals surface area (Å²) in [5, 5.41) is 10.0. The van der Waals surface area contributed by atoms with Crippen LogP contribution >= 0.6 is 0 Å². The van der Waals surface area contributed by atoms with E-state index in [0.29, 0.717) is 0 Å². The molecule has 0 saturated heterocycles. The van der Waals surface area contributed by atoms with Crippen LogP contribution < -0.4 is 0 Å². The van der Waals surface area contributed by atoms with Crippen LogP contribution in [0.15, 0.2) is 36.4 Å². The number of rotatable bonds is 3. The lowest BCUT2D eigenvalue weighted by molar-refractivity contribution is 0.168. The Bertz CT molecular complexity index is 553. The van der Waals surface area contributed by atoms with Crippen molar-refractivity contribution in [3.05, 3.63) is 70.3 Å². The predicted molar refractivity (Wildman–Crippen MR) is 70.9 cm³/mol. The molecule has 3 heteroatoms. The van der Waals surface area contributed by atoms with E-state index in [-0.39, 0.29) is 12.0 Å². The Hall–Kier alpha value is -1.74. The first-order valence-corrected chi connectivity index (χ1v) is 6.16. The molecule has 100 valence electrons. The van der Waals surface area contributed by atoms with E-state index in [1.165, 1.54) is 6.07 Å². The second-order valence-electron chi connectivity index (χ2n) is 4.85.